The van der Waals surface area contributed by atoms with Crippen LogP contribution in [0.2, 0.25) is 0 Å². The van der Waals surface area contributed by atoms with Gasteiger partial charge in [0.05, 0.1) is 0 Å². The van der Waals surface area contributed by atoms with Crippen molar-refractivity contribution in [2.24, 2.45) is 11.8 Å². The predicted molar refractivity (Wildman–Crippen MR) is 85.8 cm³/mol. The molecule has 1 aromatic rings. The second kappa shape index (κ2) is 7.68. The number of amides is 1. The lowest BCUT2D eigenvalue weighted by Crippen LogP contribution is -2.17. The molecular formula is C16H24BrNO. The maximum absolute atomic E-state index is 11.6. The molecule has 106 valence electrons. The number of anilines is 1. The van der Waals surface area contributed by atoms with E-state index in [1.165, 1.54) is 12.0 Å². The van der Waals surface area contributed by atoms with Crippen molar-refractivity contribution in [3.05, 3.63) is 29.8 Å². The summed E-state index contributed by atoms with van der Waals surface area (Å²) < 4.78 is 0. The molecule has 1 atom stereocenters. The third kappa shape index (κ3) is 6.24. The van der Waals surface area contributed by atoms with E-state index in [1.807, 2.05) is 26.0 Å². The van der Waals surface area contributed by atoms with Crippen LogP contribution in [0.1, 0.15) is 39.7 Å². The maximum atomic E-state index is 11.6. The van der Waals surface area contributed by atoms with Crippen LogP contribution in [0.25, 0.3) is 0 Å². The van der Waals surface area contributed by atoms with E-state index in [0.29, 0.717) is 10.7 Å². The van der Waals surface area contributed by atoms with Gasteiger partial charge in [-0.1, -0.05) is 55.8 Å². The molecule has 0 bridgehead atoms. The molecule has 1 unspecified atom stereocenters. The molecule has 0 aliphatic carbocycles. The topological polar surface area (TPSA) is 29.1 Å². The van der Waals surface area contributed by atoms with E-state index in [0.717, 1.165) is 12.1 Å². The highest BCUT2D eigenvalue weighted by Gasteiger charge is 2.09. The molecule has 0 heterocycles. The molecule has 0 aliphatic heterocycles. The first kappa shape index (κ1) is 16.2. The van der Waals surface area contributed by atoms with Crippen LogP contribution >= 0.6 is 15.9 Å². The van der Waals surface area contributed by atoms with Crippen molar-refractivity contribution >= 4 is 27.5 Å². The van der Waals surface area contributed by atoms with Gasteiger partial charge in [0.25, 0.3) is 0 Å². The van der Waals surface area contributed by atoms with Gasteiger partial charge in [-0.3, -0.25) is 4.79 Å². The van der Waals surface area contributed by atoms with E-state index in [9.17, 15) is 4.79 Å². The molecule has 0 radical (unpaired) electrons. The zero-order valence-corrected chi connectivity index (χ0v) is 13.8. The third-order valence-electron chi connectivity index (χ3n) is 2.93. The highest BCUT2D eigenvalue weighted by atomic mass is 79.9. The van der Waals surface area contributed by atoms with Crippen molar-refractivity contribution in [1.29, 1.82) is 0 Å². The second-order valence-electron chi connectivity index (χ2n) is 5.77. The number of hydrogen-bond acceptors (Lipinski definition) is 1. The Morgan fingerprint density at radius 1 is 1.16 bits per heavy atom. The summed E-state index contributed by atoms with van der Waals surface area (Å²) in [6, 6.07) is 8.13. The van der Waals surface area contributed by atoms with E-state index < -0.39 is 0 Å². The minimum absolute atomic E-state index is 0.0117. The largest absolute Gasteiger partial charge is 0.326 e. The van der Waals surface area contributed by atoms with Gasteiger partial charge in [0, 0.05) is 16.4 Å². The molecule has 0 aromatic heterocycles. The van der Waals surface area contributed by atoms with Crippen LogP contribution in [0.4, 0.5) is 5.69 Å². The minimum atomic E-state index is 0.0117. The monoisotopic (exact) mass is 325 g/mol. The number of carbonyl (C=O) groups excluding carboxylic acids is 1. The minimum Gasteiger partial charge on any atom is -0.326 e. The molecule has 0 saturated carbocycles. The van der Waals surface area contributed by atoms with Crippen LogP contribution in [0, 0.1) is 11.8 Å². The van der Waals surface area contributed by atoms with Crippen LogP contribution in [-0.4, -0.2) is 10.7 Å². The Morgan fingerprint density at radius 3 is 2.21 bits per heavy atom. The van der Waals surface area contributed by atoms with Crippen molar-refractivity contribution in [1.82, 2.24) is 0 Å². The van der Waals surface area contributed by atoms with Gasteiger partial charge in [0.15, 0.2) is 0 Å². The molecule has 0 fully saturated rings. The number of benzene rings is 1. The molecule has 0 saturated heterocycles. The molecule has 19 heavy (non-hydrogen) atoms. The third-order valence-corrected chi connectivity index (χ3v) is 3.63. The smallest absolute Gasteiger partial charge is 0.226 e. The lowest BCUT2D eigenvalue weighted by atomic mass is 10.0. The molecule has 2 nitrogen and oxygen atoms in total. The van der Waals surface area contributed by atoms with Crippen LogP contribution < -0.4 is 5.32 Å². The fourth-order valence-corrected chi connectivity index (χ4v) is 2.98. The summed E-state index contributed by atoms with van der Waals surface area (Å²) in [7, 11) is 0. The quantitative estimate of drug-likeness (QED) is 0.759. The van der Waals surface area contributed by atoms with Gasteiger partial charge in [-0.15, -0.1) is 0 Å². The molecular weight excluding hydrogens is 302 g/mol. The first-order chi connectivity index (χ1) is 8.88. The van der Waals surface area contributed by atoms with Crippen LogP contribution in [0.3, 0.4) is 0 Å². The molecule has 1 aromatic carbocycles. The summed E-state index contributed by atoms with van der Waals surface area (Å²) in [5, 5.41) is 2.90. The Kier molecular flexibility index (Phi) is 6.56. The van der Waals surface area contributed by atoms with Crippen molar-refractivity contribution in [3.8, 4) is 0 Å². The van der Waals surface area contributed by atoms with Crippen LogP contribution in [-0.2, 0) is 11.2 Å². The summed E-state index contributed by atoms with van der Waals surface area (Å²) >= 11 is 3.72. The molecule has 0 spiro atoms. The zero-order valence-electron chi connectivity index (χ0n) is 12.2. The van der Waals surface area contributed by atoms with Crippen LogP contribution in [0.5, 0.6) is 0 Å². The number of alkyl halides is 1. The first-order valence-electron chi connectivity index (χ1n) is 6.92. The number of halogens is 1. The van der Waals surface area contributed by atoms with Gasteiger partial charge in [0.2, 0.25) is 5.91 Å². The number of carbonyl (C=O) groups is 1. The summed E-state index contributed by atoms with van der Waals surface area (Å²) in [5.41, 5.74) is 2.17. The Morgan fingerprint density at radius 2 is 1.74 bits per heavy atom. The summed E-state index contributed by atoms with van der Waals surface area (Å²) in [5.74, 6) is 0.776. The average molecular weight is 326 g/mol. The van der Waals surface area contributed by atoms with Crippen molar-refractivity contribution in [2.75, 3.05) is 5.32 Å². The van der Waals surface area contributed by atoms with Crippen LogP contribution in [0.15, 0.2) is 24.3 Å². The molecule has 3 heteroatoms. The van der Waals surface area contributed by atoms with E-state index in [2.05, 4.69) is 47.2 Å². The van der Waals surface area contributed by atoms with E-state index in [1.54, 1.807) is 0 Å². The van der Waals surface area contributed by atoms with Gasteiger partial charge in [-0.05, 0) is 36.5 Å². The number of nitrogens with one attached hydrogen (secondary N) is 1. The zero-order chi connectivity index (χ0) is 14.4. The van der Waals surface area contributed by atoms with Gasteiger partial charge < -0.3 is 5.32 Å². The standard InChI is InChI=1S/C16H24BrNO/c1-11(2)9-14(17)10-13-5-7-15(8-6-13)18-16(19)12(3)4/h5-8,11-12,14H,9-10H2,1-4H3,(H,18,19). The van der Waals surface area contributed by atoms with Gasteiger partial charge in [-0.25, -0.2) is 0 Å². The highest BCUT2D eigenvalue weighted by Crippen LogP contribution is 2.19. The second-order valence-corrected chi connectivity index (χ2v) is 7.07. The summed E-state index contributed by atoms with van der Waals surface area (Å²) in [4.78, 5) is 12.1. The van der Waals surface area contributed by atoms with E-state index in [-0.39, 0.29) is 11.8 Å². The molecule has 1 N–H and O–H groups in total. The van der Waals surface area contributed by atoms with Gasteiger partial charge >= 0.3 is 0 Å². The summed E-state index contributed by atoms with van der Waals surface area (Å²) in [6.45, 7) is 8.26. The number of hydrogen-bond donors (Lipinski definition) is 1. The first-order valence-corrected chi connectivity index (χ1v) is 7.84. The van der Waals surface area contributed by atoms with E-state index >= 15 is 0 Å². The number of rotatable bonds is 6. The highest BCUT2D eigenvalue weighted by molar-refractivity contribution is 9.09. The molecule has 0 aliphatic rings. The fraction of sp³-hybridized carbons (Fsp3) is 0.562. The van der Waals surface area contributed by atoms with Gasteiger partial charge in [0.1, 0.15) is 0 Å². The van der Waals surface area contributed by atoms with Gasteiger partial charge in [-0.2, -0.15) is 0 Å². The Balaban J connectivity index is 2.54. The Bertz CT molecular complexity index is 398. The Labute approximate surface area is 125 Å². The van der Waals surface area contributed by atoms with Crippen molar-refractivity contribution in [3.63, 3.8) is 0 Å². The molecule has 1 rings (SSSR count). The lowest BCUT2D eigenvalue weighted by molar-refractivity contribution is -0.118. The Hall–Kier alpha value is -0.830. The van der Waals surface area contributed by atoms with E-state index in [4.69, 9.17) is 0 Å². The fourth-order valence-electron chi connectivity index (χ4n) is 1.86. The SMILES string of the molecule is CC(C)CC(Br)Cc1ccc(NC(=O)C(C)C)cc1. The van der Waals surface area contributed by atoms with Crippen molar-refractivity contribution in [2.45, 2.75) is 45.4 Å². The average Bonchev–Trinajstić information content (AvgIpc) is 2.30. The predicted octanol–water partition coefficient (Wildman–Crippen LogP) is 4.63. The van der Waals surface area contributed by atoms with Crippen molar-refractivity contribution < 1.29 is 4.79 Å². The maximum Gasteiger partial charge on any atom is 0.226 e. The summed E-state index contributed by atoms with van der Waals surface area (Å²) in [6.07, 6.45) is 2.20. The normalized spacial score (nSPS) is 12.8. The lowest BCUT2D eigenvalue weighted by Gasteiger charge is -2.13. The molecule has 1 amide bonds.